The number of nitrogens with one attached hydrogen (secondary N) is 1. The van der Waals surface area contributed by atoms with E-state index >= 15 is 0 Å². The number of amides is 1. The Morgan fingerprint density at radius 1 is 1.17 bits per heavy atom. The number of hydrogen-bond donors (Lipinski definition) is 1. The average molecular weight is 328 g/mol. The highest BCUT2D eigenvalue weighted by molar-refractivity contribution is 7.14. The van der Waals surface area contributed by atoms with Crippen LogP contribution >= 0.6 is 11.3 Å². The van der Waals surface area contributed by atoms with Crippen molar-refractivity contribution in [3.63, 3.8) is 0 Å². The molecule has 0 spiro atoms. The number of fused-ring (bicyclic) bond motifs is 1. The van der Waals surface area contributed by atoms with Gasteiger partial charge in [0.1, 0.15) is 0 Å². The Balaban J connectivity index is 1.66. The number of aryl methyl sites for hydroxylation is 2. The van der Waals surface area contributed by atoms with E-state index in [9.17, 15) is 4.79 Å². The van der Waals surface area contributed by atoms with E-state index in [1.807, 2.05) is 6.07 Å². The largest absolute Gasteiger partial charge is 0.347 e. The van der Waals surface area contributed by atoms with Gasteiger partial charge >= 0.3 is 0 Å². The predicted octanol–water partition coefficient (Wildman–Crippen LogP) is 3.62. The van der Waals surface area contributed by atoms with Gasteiger partial charge < -0.3 is 10.2 Å². The summed E-state index contributed by atoms with van der Waals surface area (Å²) >= 11 is 1.67. The second-order valence-corrected chi connectivity index (χ2v) is 7.59. The first-order valence-electron chi connectivity index (χ1n) is 8.25. The Kier molecular flexibility index (Phi) is 5.13. The minimum absolute atomic E-state index is 0.0593. The minimum atomic E-state index is 0.0593. The standard InChI is InChI=1S/C19H24N2OS/c1-21(2)13-16-9-4-3-8-15(16)12-20-19(22)18-11-14-7-5-6-10-17(14)23-18/h3-4,8-9,11H,5-7,10,12-13H2,1-2H3,(H,20,22). The molecule has 0 fully saturated rings. The fraction of sp³-hybridized carbons (Fsp3) is 0.421. The van der Waals surface area contributed by atoms with Gasteiger partial charge in [0.2, 0.25) is 0 Å². The summed E-state index contributed by atoms with van der Waals surface area (Å²) in [7, 11) is 4.12. The van der Waals surface area contributed by atoms with E-state index < -0.39 is 0 Å². The highest BCUT2D eigenvalue weighted by Crippen LogP contribution is 2.29. The Hall–Kier alpha value is -1.65. The molecule has 0 atom stereocenters. The first-order valence-corrected chi connectivity index (χ1v) is 9.06. The number of nitrogens with zero attached hydrogens (tertiary/aromatic N) is 1. The van der Waals surface area contributed by atoms with Crippen LogP contribution in [0.25, 0.3) is 0 Å². The molecule has 122 valence electrons. The number of carbonyl (C=O) groups excluding carboxylic acids is 1. The van der Waals surface area contributed by atoms with Gasteiger partial charge in [0, 0.05) is 18.0 Å². The molecule has 23 heavy (non-hydrogen) atoms. The fourth-order valence-corrected chi connectivity index (χ4v) is 4.26. The summed E-state index contributed by atoms with van der Waals surface area (Å²) in [6.07, 6.45) is 4.78. The molecule has 0 aliphatic heterocycles. The number of hydrogen-bond acceptors (Lipinski definition) is 3. The quantitative estimate of drug-likeness (QED) is 0.909. The van der Waals surface area contributed by atoms with E-state index in [-0.39, 0.29) is 5.91 Å². The van der Waals surface area contributed by atoms with Crippen molar-refractivity contribution in [1.82, 2.24) is 10.2 Å². The lowest BCUT2D eigenvalue weighted by Gasteiger charge is -2.14. The van der Waals surface area contributed by atoms with Gasteiger partial charge in [-0.2, -0.15) is 0 Å². The van der Waals surface area contributed by atoms with Gasteiger partial charge in [-0.05, 0) is 62.5 Å². The van der Waals surface area contributed by atoms with Gasteiger partial charge in [-0.25, -0.2) is 0 Å². The van der Waals surface area contributed by atoms with E-state index in [1.54, 1.807) is 11.3 Å². The van der Waals surface area contributed by atoms with Crippen LogP contribution in [0.5, 0.6) is 0 Å². The third kappa shape index (κ3) is 4.01. The number of thiophene rings is 1. The van der Waals surface area contributed by atoms with Crippen molar-refractivity contribution in [2.24, 2.45) is 0 Å². The molecule has 1 amide bonds. The summed E-state index contributed by atoms with van der Waals surface area (Å²) in [6, 6.07) is 10.4. The molecular formula is C19H24N2OS. The van der Waals surface area contributed by atoms with Crippen LogP contribution in [0.4, 0.5) is 0 Å². The summed E-state index contributed by atoms with van der Waals surface area (Å²) < 4.78 is 0. The van der Waals surface area contributed by atoms with E-state index in [0.29, 0.717) is 6.54 Å². The molecule has 3 rings (SSSR count). The van der Waals surface area contributed by atoms with Gasteiger partial charge in [0.05, 0.1) is 4.88 Å². The van der Waals surface area contributed by atoms with E-state index in [0.717, 1.165) is 24.3 Å². The number of rotatable bonds is 5. The van der Waals surface area contributed by atoms with Crippen molar-refractivity contribution >= 4 is 17.2 Å². The highest BCUT2D eigenvalue weighted by atomic mass is 32.1. The summed E-state index contributed by atoms with van der Waals surface area (Å²) in [4.78, 5) is 16.9. The molecule has 1 heterocycles. The van der Waals surface area contributed by atoms with Crippen LogP contribution in [0.1, 0.15) is 44.1 Å². The first kappa shape index (κ1) is 16.2. The molecule has 0 radical (unpaired) electrons. The van der Waals surface area contributed by atoms with Crippen molar-refractivity contribution < 1.29 is 4.79 Å². The SMILES string of the molecule is CN(C)Cc1ccccc1CNC(=O)c1cc2c(s1)CCCC2. The van der Waals surface area contributed by atoms with Gasteiger partial charge in [0.15, 0.2) is 0 Å². The van der Waals surface area contributed by atoms with Gasteiger partial charge in [0.25, 0.3) is 5.91 Å². The van der Waals surface area contributed by atoms with Gasteiger partial charge in [-0.15, -0.1) is 11.3 Å². The van der Waals surface area contributed by atoms with Crippen LogP contribution < -0.4 is 5.32 Å². The summed E-state index contributed by atoms with van der Waals surface area (Å²) in [5.74, 6) is 0.0593. The molecule has 1 aliphatic carbocycles. The molecule has 3 nitrogen and oxygen atoms in total. The number of carbonyl (C=O) groups is 1. The first-order chi connectivity index (χ1) is 11.1. The molecule has 2 aromatic rings. The smallest absolute Gasteiger partial charge is 0.261 e. The number of benzene rings is 1. The maximum atomic E-state index is 12.5. The molecular weight excluding hydrogens is 304 g/mol. The van der Waals surface area contributed by atoms with Crippen LogP contribution in [0, 0.1) is 0 Å². The van der Waals surface area contributed by atoms with E-state index in [1.165, 1.54) is 34.4 Å². The molecule has 0 unspecified atom stereocenters. The van der Waals surface area contributed by atoms with Crippen LogP contribution in [-0.4, -0.2) is 24.9 Å². The van der Waals surface area contributed by atoms with Crippen molar-refractivity contribution in [2.45, 2.75) is 38.8 Å². The zero-order chi connectivity index (χ0) is 16.2. The summed E-state index contributed by atoms with van der Waals surface area (Å²) in [6.45, 7) is 1.48. The summed E-state index contributed by atoms with van der Waals surface area (Å²) in [5.41, 5.74) is 3.85. The van der Waals surface area contributed by atoms with Crippen molar-refractivity contribution in [3.05, 3.63) is 56.8 Å². The lowest BCUT2D eigenvalue weighted by molar-refractivity contribution is 0.0955. The normalized spacial score (nSPS) is 13.9. The molecule has 1 aromatic carbocycles. The van der Waals surface area contributed by atoms with Crippen LogP contribution in [-0.2, 0) is 25.9 Å². The molecule has 4 heteroatoms. The molecule has 1 aliphatic rings. The van der Waals surface area contributed by atoms with Gasteiger partial charge in [-0.1, -0.05) is 24.3 Å². The van der Waals surface area contributed by atoms with Crippen LogP contribution in [0.15, 0.2) is 30.3 Å². The fourth-order valence-electron chi connectivity index (χ4n) is 3.09. The monoisotopic (exact) mass is 328 g/mol. The Bertz CT molecular complexity index is 667. The van der Waals surface area contributed by atoms with E-state index in [2.05, 4.69) is 48.6 Å². The minimum Gasteiger partial charge on any atom is -0.347 e. The third-order valence-corrected chi connectivity index (χ3v) is 5.50. The van der Waals surface area contributed by atoms with Crippen LogP contribution in [0.2, 0.25) is 0 Å². The summed E-state index contributed by atoms with van der Waals surface area (Å²) in [5, 5.41) is 3.09. The molecule has 1 N–H and O–H groups in total. The zero-order valence-corrected chi connectivity index (χ0v) is 14.7. The topological polar surface area (TPSA) is 32.3 Å². The third-order valence-electron chi connectivity index (χ3n) is 4.26. The Morgan fingerprint density at radius 2 is 1.91 bits per heavy atom. The maximum absolute atomic E-state index is 12.5. The molecule has 1 aromatic heterocycles. The van der Waals surface area contributed by atoms with Gasteiger partial charge in [-0.3, -0.25) is 4.79 Å². The van der Waals surface area contributed by atoms with E-state index in [4.69, 9.17) is 0 Å². The molecule has 0 saturated carbocycles. The van der Waals surface area contributed by atoms with Crippen LogP contribution in [0.3, 0.4) is 0 Å². The van der Waals surface area contributed by atoms with Crippen molar-refractivity contribution in [3.8, 4) is 0 Å². The second kappa shape index (κ2) is 7.28. The predicted molar refractivity (Wildman–Crippen MR) is 96.0 cm³/mol. The van der Waals surface area contributed by atoms with Crippen molar-refractivity contribution in [1.29, 1.82) is 0 Å². The second-order valence-electron chi connectivity index (χ2n) is 6.46. The maximum Gasteiger partial charge on any atom is 0.261 e. The average Bonchev–Trinajstić information content (AvgIpc) is 2.97. The molecule has 0 bridgehead atoms. The lowest BCUT2D eigenvalue weighted by Crippen LogP contribution is -2.23. The lowest BCUT2D eigenvalue weighted by atomic mass is 9.99. The molecule has 0 saturated heterocycles. The Morgan fingerprint density at radius 3 is 2.65 bits per heavy atom. The Labute approximate surface area is 142 Å². The van der Waals surface area contributed by atoms with Crippen molar-refractivity contribution in [2.75, 3.05) is 14.1 Å². The zero-order valence-electron chi connectivity index (χ0n) is 13.9. The highest BCUT2D eigenvalue weighted by Gasteiger charge is 2.17.